The molecule has 4 nitrogen and oxygen atoms in total. The molecule has 0 aliphatic carbocycles. The van der Waals surface area contributed by atoms with Gasteiger partial charge in [-0.1, -0.05) is 0 Å². The molecule has 0 spiro atoms. The Morgan fingerprint density at radius 3 is 2.75 bits per heavy atom. The molecule has 0 aliphatic heterocycles. The summed E-state index contributed by atoms with van der Waals surface area (Å²) in [5, 5.41) is 0. The summed E-state index contributed by atoms with van der Waals surface area (Å²) in [5.41, 5.74) is 5.01. The molecule has 0 atom stereocenters. The SMILES string of the molecule is CCOC(=O)c1c(CN)cncc1C(F)F. The van der Waals surface area contributed by atoms with E-state index in [0.29, 0.717) is 0 Å². The zero-order valence-corrected chi connectivity index (χ0v) is 8.74. The third-order valence-corrected chi connectivity index (χ3v) is 1.99. The molecule has 6 heteroatoms. The zero-order chi connectivity index (χ0) is 12.1. The fourth-order valence-corrected chi connectivity index (χ4v) is 1.29. The molecular formula is C10H12F2N2O2. The van der Waals surface area contributed by atoms with Crippen LogP contribution in [0.15, 0.2) is 12.4 Å². The smallest absolute Gasteiger partial charge is 0.339 e. The van der Waals surface area contributed by atoms with Crippen LogP contribution in [0.5, 0.6) is 0 Å². The Hall–Kier alpha value is -1.56. The topological polar surface area (TPSA) is 65.2 Å². The van der Waals surface area contributed by atoms with Crippen molar-refractivity contribution in [3.63, 3.8) is 0 Å². The Kier molecular flexibility index (Phi) is 4.30. The Labute approximate surface area is 91.4 Å². The average Bonchev–Trinajstić information content (AvgIpc) is 2.28. The van der Waals surface area contributed by atoms with Crippen molar-refractivity contribution in [1.29, 1.82) is 0 Å². The highest BCUT2D eigenvalue weighted by atomic mass is 19.3. The summed E-state index contributed by atoms with van der Waals surface area (Å²) in [4.78, 5) is 15.1. The number of nitrogens with two attached hydrogens (primary N) is 1. The average molecular weight is 230 g/mol. The van der Waals surface area contributed by atoms with E-state index in [1.165, 1.54) is 6.20 Å². The Bertz CT molecular complexity index is 383. The fourth-order valence-electron chi connectivity index (χ4n) is 1.29. The second kappa shape index (κ2) is 5.50. The zero-order valence-electron chi connectivity index (χ0n) is 8.74. The number of aromatic nitrogens is 1. The van der Waals surface area contributed by atoms with Crippen molar-refractivity contribution in [2.45, 2.75) is 19.9 Å². The van der Waals surface area contributed by atoms with Crippen LogP contribution in [0.25, 0.3) is 0 Å². The van der Waals surface area contributed by atoms with Crippen molar-refractivity contribution in [2.24, 2.45) is 5.73 Å². The number of carbonyl (C=O) groups excluding carboxylic acids is 1. The summed E-state index contributed by atoms with van der Waals surface area (Å²) < 4.78 is 30.0. The van der Waals surface area contributed by atoms with Gasteiger partial charge in [0.25, 0.3) is 6.43 Å². The first-order chi connectivity index (χ1) is 7.61. The number of halogens is 2. The predicted molar refractivity (Wildman–Crippen MR) is 53.0 cm³/mol. The maximum Gasteiger partial charge on any atom is 0.339 e. The van der Waals surface area contributed by atoms with Crippen LogP contribution in [0.2, 0.25) is 0 Å². The number of nitrogens with zero attached hydrogens (tertiary/aromatic N) is 1. The van der Waals surface area contributed by atoms with Crippen molar-refractivity contribution < 1.29 is 18.3 Å². The predicted octanol–water partition coefficient (Wildman–Crippen LogP) is 1.65. The maximum absolute atomic E-state index is 12.7. The van der Waals surface area contributed by atoms with E-state index in [1.54, 1.807) is 6.92 Å². The first-order valence-corrected chi connectivity index (χ1v) is 4.73. The minimum absolute atomic E-state index is 0.0400. The van der Waals surface area contributed by atoms with Gasteiger partial charge in [-0.05, 0) is 12.5 Å². The number of alkyl halides is 2. The van der Waals surface area contributed by atoms with Crippen LogP contribution in [0.1, 0.15) is 34.8 Å². The van der Waals surface area contributed by atoms with Gasteiger partial charge >= 0.3 is 5.97 Å². The monoisotopic (exact) mass is 230 g/mol. The van der Waals surface area contributed by atoms with Gasteiger partial charge in [0.15, 0.2) is 0 Å². The lowest BCUT2D eigenvalue weighted by Gasteiger charge is -2.11. The number of rotatable bonds is 4. The van der Waals surface area contributed by atoms with Crippen molar-refractivity contribution >= 4 is 5.97 Å². The maximum atomic E-state index is 12.7. The molecular weight excluding hydrogens is 218 g/mol. The first kappa shape index (κ1) is 12.5. The third-order valence-electron chi connectivity index (χ3n) is 1.99. The second-order valence-corrected chi connectivity index (χ2v) is 2.99. The molecule has 0 fully saturated rings. The number of hydrogen-bond donors (Lipinski definition) is 1. The van der Waals surface area contributed by atoms with E-state index < -0.39 is 18.0 Å². The molecule has 0 bridgehead atoms. The van der Waals surface area contributed by atoms with Gasteiger partial charge in [-0.15, -0.1) is 0 Å². The number of hydrogen-bond acceptors (Lipinski definition) is 4. The largest absolute Gasteiger partial charge is 0.462 e. The van der Waals surface area contributed by atoms with Gasteiger partial charge in [0, 0.05) is 18.9 Å². The van der Waals surface area contributed by atoms with Crippen LogP contribution in [0.3, 0.4) is 0 Å². The van der Waals surface area contributed by atoms with Crippen molar-refractivity contribution in [3.05, 3.63) is 29.1 Å². The third kappa shape index (κ3) is 2.52. The molecule has 1 rings (SSSR count). The van der Waals surface area contributed by atoms with E-state index in [4.69, 9.17) is 10.5 Å². The lowest BCUT2D eigenvalue weighted by atomic mass is 10.0. The Morgan fingerprint density at radius 1 is 1.56 bits per heavy atom. The minimum atomic E-state index is -2.78. The van der Waals surface area contributed by atoms with Gasteiger partial charge < -0.3 is 10.5 Å². The highest BCUT2D eigenvalue weighted by Crippen LogP contribution is 2.25. The summed E-state index contributed by atoms with van der Waals surface area (Å²) in [5.74, 6) is -0.791. The normalized spacial score (nSPS) is 10.6. The molecule has 0 amide bonds. The molecule has 2 N–H and O–H groups in total. The second-order valence-electron chi connectivity index (χ2n) is 2.99. The number of ether oxygens (including phenoxy) is 1. The van der Waals surface area contributed by atoms with Crippen LogP contribution < -0.4 is 5.73 Å². The molecule has 0 unspecified atom stereocenters. The number of pyridine rings is 1. The molecule has 0 saturated heterocycles. The standard InChI is InChI=1S/C10H12F2N2O2/c1-2-16-10(15)8-6(3-13)4-14-5-7(8)9(11)12/h4-5,9H,2-3,13H2,1H3. The van der Waals surface area contributed by atoms with Gasteiger partial charge in [-0.3, -0.25) is 4.98 Å². The van der Waals surface area contributed by atoms with Crippen molar-refractivity contribution in [2.75, 3.05) is 6.61 Å². The molecule has 0 radical (unpaired) electrons. The molecule has 16 heavy (non-hydrogen) atoms. The van der Waals surface area contributed by atoms with Crippen molar-refractivity contribution in [3.8, 4) is 0 Å². The quantitative estimate of drug-likeness (QED) is 0.799. The van der Waals surface area contributed by atoms with Crippen LogP contribution in [-0.4, -0.2) is 17.6 Å². The number of esters is 1. The van der Waals surface area contributed by atoms with Gasteiger partial charge in [0.2, 0.25) is 0 Å². The summed E-state index contributed by atoms with van der Waals surface area (Å²) in [7, 11) is 0. The summed E-state index contributed by atoms with van der Waals surface area (Å²) in [6.07, 6.45) is -0.535. The summed E-state index contributed by atoms with van der Waals surface area (Å²) >= 11 is 0. The summed E-state index contributed by atoms with van der Waals surface area (Å²) in [6.45, 7) is 1.68. The van der Waals surface area contributed by atoms with Crippen LogP contribution >= 0.6 is 0 Å². The van der Waals surface area contributed by atoms with E-state index in [-0.39, 0.29) is 24.3 Å². The van der Waals surface area contributed by atoms with Crippen LogP contribution in [0.4, 0.5) is 8.78 Å². The highest BCUT2D eigenvalue weighted by molar-refractivity contribution is 5.92. The van der Waals surface area contributed by atoms with Crippen molar-refractivity contribution in [1.82, 2.24) is 4.98 Å². The van der Waals surface area contributed by atoms with E-state index >= 15 is 0 Å². The molecule has 0 aliphatic rings. The molecule has 0 saturated carbocycles. The molecule has 0 aromatic carbocycles. The molecule has 1 aromatic heterocycles. The fraction of sp³-hybridized carbons (Fsp3) is 0.400. The van der Waals surface area contributed by atoms with Crippen LogP contribution in [-0.2, 0) is 11.3 Å². The lowest BCUT2D eigenvalue weighted by molar-refractivity contribution is 0.0513. The molecule has 88 valence electrons. The first-order valence-electron chi connectivity index (χ1n) is 4.73. The van der Waals surface area contributed by atoms with E-state index in [0.717, 1.165) is 6.20 Å². The van der Waals surface area contributed by atoms with E-state index in [2.05, 4.69) is 4.98 Å². The van der Waals surface area contributed by atoms with E-state index in [1.807, 2.05) is 0 Å². The van der Waals surface area contributed by atoms with E-state index in [9.17, 15) is 13.6 Å². The van der Waals surface area contributed by atoms with Gasteiger partial charge in [0.1, 0.15) is 0 Å². The van der Waals surface area contributed by atoms with Gasteiger partial charge in [0.05, 0.1) is 17.7 Å². The Morgan fingerprint density at radius 2 is 2.25 bits per heavy atom. The summed E-state index contributed by atoms with van der Waals surface area (Å²) in [6, 6.07) is 0. The highest BCUT2D eigenvalue weighted by Gasteiger charge is 2.22. The van der Waals surface area contributed by atoms with Gasteiger partial charge in [-0.25, -0.2) is 13.6 Å². The number of carbonyl (C=O) groups is 1. The minimum Gasteiger partial charge on any atom is -0.462 e. The van der Waals surface area contributed by atoms with Crippen LogP contribution in [0, 0.1) is 0 Å². The lowest BCUT2D eigenvalue weighted by Crippen LogP contribution is -2.14. The van der Waals surface area contributed by atoms with Gasteiger partial charge in [-0.2, -0.15) is 0 Å². The molecule has 1 heterocycles. The Balaban J connectivity index is 3.24. The molecule has 1 aromatic rings.